The number of carbonyl (C=O) groups is 1. The Bertz CT molecular complexity index is 1220. The smallest absolute Gasteiger partial charge is 0.259 e. The molecule has 0 saturated carbocycles. The Labute approximate surface area is 210 Å². The molecule has 8 heteroatoms. The largest absolute Gasteiger partial charge is 0.342 e. The highest BCUT2D eigenvalue weighted by Gasteiger charge is 2.26. The van der Waals surface area contributed by atoms with Crippen molar-refractivity contribution in [2.24, 2.45) is 5.92 Å². The van der Waals surface area contributed by atoms with Crippen molar-refractivity contribution < 1.29 is 4.79 Å². The van der Waals surface area contributed by atoms with Crippen LogP contribution < -0.4 is 5.56 Å². The molecule has 35 heavy (non-hydrogen) atoms. The molecule has 4 heterocycles. The molecule has 7 nitrogen and oxygen atoms in total. The van der Waals surface area contributed by atoms with E-state index < -0.39 is 0 Å². The molecule has 2 fully saturated rings. The molecule has 2 aliphatic rings. The van der Waals surface area contributed by atoms with E-state index in [4.69, 9.17) is 4.98 Å². The van der Waals surface area contributed by atoms with E-state index in [0.29, 0.717) is 19.0 Å². The number of aryl methyl sites for hydroxylation is 2. The van der Waals surface area contributed by atoms with Crippen molar-refractivity contribution in [2.45, 2.75) is 39.7 Å². The number of nitrogens with one attached hydrogen (secondary N) is 1. The molecule has 0 bridgehead atoms. The zero-order valence-corrected chi connectivity index (χ0v) is 21.6. The highest BCUT2D eigenvalue weighted by Crippen LogP contribution is 2.26. The van der Waals surface area contributed by atoms with E-state index in [1.807, 2.05) is 13.8 Å². The molecule has 0 atom stereocenters. The van der Waals surface area contributed by atoms with Crippen molar-refractivity contribution >= 4 is 27.5 Å². The molecule has 2 aromatic heterocycles. The lowest BCUT2D eigenvalue weighted by Crippen LogP contribution is -2.50. The summed E-state index contributed by atoms with van der Waals surface area (Å²) in [5.74, 6) is 1.66. The molecule has 1 amide bonds. The highest BCUT2D eigenvalue weighted by atomic mass is 32.1. The van der Waals surface area contributed by atoms with E-state index in [1.54, 1.807) is 11.3 Å². The maximum atomic E-state index is 12.9. The van der Waals surface area contributed by atoms with Crippen LogP contribution in [-0.4, -0.2) is 76.4 Å². The number of carbonyl (C=O) groups excluding carboxylic acids is 1. The fraction of sp³-hybridized carbons (Fsp3) is 0.519. The Morgan fingerprint density at radius 3 is 2.43 bits per heavy atom. The molecule has 1 aromatic carbocycles. The Balaban J connectivity index is 1.07. The average Bonchev–Trinajstić information content (AvgIpc) is 3.15. The molecule has 1 N–H and O–H groups in total. The standard InChI is InChI=1S/C27H35N5O2S/c1-19-20(2)35-27-25(19)26(34)28-23(29-27)17-30-12-14-31(15-13-30)18-24(33)32-10-8-22(9-11-32)16-21-6-4-3-5-7-21/h3-7,22H,8-18H2,1-2H3,(H,28,29,34). The second-order valence-electron chi connectivity index (χ2n) is 10.0. The normalized spacial score (nSPS) is 18.4. The average molecular weight is 494 g/mol. The second kappa shape index (κ2) is 10.6. The zero-order valence-electron chi connectivity index (χ0n) is 20.8. The first kappa shape index (κ1) is 24.2. The Morgan fingerprint density at radius 2 is 1.71 bits per heavy atom. The van der Waals surface area contributed by atoms with Gasteiger partial charge in [0.25, 0.3) is 5.56 Å². The monoisotopic (exact) mass is 493 g/mol. The summed E-state index contributed by atoms with van der Waals surface area (Å²) in [6, 6.07) is 10.7. The number of piperidine rings is 1. The van der Waals surface area contributed by atoms with Gasteiger partial charge in [0, 0.05) is 44.1 Å². The van der Waals surface area contributed by atoms with Crippen LogP contribution in [0.25, 0.3) is 10.2 Å². The summed E-state index contributed by atoms with van der Waals surface area (Å²) < 4.78 is 0. The van der Waals surface area contributed by atoms with Gasteiger partial charge >= 0.3 is 0 Å². The fourth-order valence-corrected chi connectivity index (χ4v) is 6.37. The van der Waals surface area contributed by atoms with E-state index in [-0.39, 0.29) is 11.5 Å². The van der Waals surface area contributed by atoms with E-state index in [2.05, 4.69) is 50.0 Å². The number of piperazine rings is 1. The molecular weight excluding hydrogens is 458 g/mol. The summed E-state index contributed by atoms with van der Waals surface area (Å²) in [5, 5.41) is 0.726. The number of aromatic amines is 1. The van der Waals surface area contributed by atoms with Crippen LogP contribution in [0.2, 0.25) is 0 Å². The third-order valence-electron chi connectivity index (χ3n) is 7.62. The highest BCUT2D eigenvalue weighted by molar-refractivity contribution is 7.18. The predicted molar refractivity (Wildman–Crippen MR) is 141 cm³/mol. The van der Waals surface area contributed by atoms with Crippen LogP contribution in [0.4, 0.5) is 0 Å². The molecule has 186 valence electrons. The van der Waals surface area contributed by atoms with Gasteiger partial charge < -0.3 is 9.88 Å². The number of amides is 1. The van der Waals surface area contributed by atoms with Gasteiger partial charge in [0.15, 0.2) is 0 Å². The van der Waals surface area contributed by atoms with E-state index >= 15 is 0 Å². The predicted octanol–water partition coefficient (Wildman–Crippen LogP) is 3.20. The Hall–Kier alpha value is -2.55. The molecular formula is C27H35N5O2S. The number of rotatable bonds is 6. The van der Waals surface area contributed by atoms with Gasteiger partial charge in [-0.3, -0.25) is 19.4 Å². The minimum atomic E-state index is -0.0383. The van der Waals surface area contributed by atoms with Crippen molar-refractivity contribution in [3.8, 4) is 0 Å². The molecule has 3 aromatic rings. The summed E-state index contributed by atoms with van der Waals surface area (Å²) >= 11 is 1.59. The van der Waals surface area contributed by atoms with Crippen molar-refractivity contribution in [3.63, 3.8) is 0 Å². The van der Waals surface area contributed by atoms with Gasteiger partial charge in [-0.1, -0.05) is 30.3 Å². The number of hydrogen-bond donors (Lipinski definition) is 1. The first-order chi connectivity index (χ1) is 17.0. The third kappa shape index (κ3) is 5.66. The summed E-state index contributed by atoms with van der Waals surface area (Å²) in [4.78, 5) is 41.8. The summed E-state index contributed by atoms with van der Waals surface area (Å²) in [5.41, 5.74) is 2.39. The maximum absolute atomic E-state index is 12.9. The molecule has 0 unspecified atom stereocenters. The van der Waals surface area contributed by atoms with Crippen LogP contribution in [0.5, 0.6) is 0 Å². The number of aromatic nitrogens is 2. The van der Waals surface area contributed by atoms with Gasteiger partial charge in [-0.2, -0.15) is 0 Å². The summed E-state index contributed by atoms with van der Waals surface area (Å²) in [7, 11) is 0. The minimum Gasteiger partial charge on any atom is -0.342 e. The maximum Gasteiger partial charge on any atom is 0.259 e. The van der Waals surface area contributed by atoms with Crippen molar-refractivity contribution in [2.75, 3.05) is 45.8 Å². The molecule has 5 rings (SSSR count). The van der Waals surface area contributed by atoms with Crippen LogP contribution in [0, 0.1) is 19.8 Å². The van der Waals surface area contributed by atoms with Crippen LogP contribution >= 0.6 is 11.3 Å². The topological polar surface area (TPSA) is 72.5 Å². The number of nitrogens with zero attached hydrogens (tertiary/aromatic N) is 4. The number of fused-ring (bicyclic) bond motifs is 1. The first-order valence-corrected chi connectivity index (χ1v) is 13.5. The van der Waals surface area contributed by atoms with Crippen molar-refractivity contribution in [3.05, 3.63) is 62.5 Å². The minimum absolute atomic E-state index is 0.0383. The lowest BCUT2D eigenvalue weighted by atomic mass is 9.90. The van der Waals surface area contributed by atoms with Gasteiger partial charge in [-0.25, -0.2) is 4.98 Å². The Kier molecular flexibility index (Phi) is 7.32. The SMILES string of the molecule is Cc1sc2nc(CN3CCN(CC(=O)N4CCC(Cc5ccccc5)CC4)CC3)[nH]c(=O)c2c1C. The zero-order chi connectivity index (χ0) is 24.4. The number of benzene rings is 1. The van der Waals surface area contributed by atoms with E-state index in [0.717, 1.165) is 85.0 Å². The third-order valence-corrected chi connectivity index (χ3v) is 8.72. The fourth-order valence-electron chi connectivity index (χ4n) is 5.32. The van der Waals surface area contributed by atoms with Gasteiger partial charge in [0.1, 0.15) is 10.7 Å². The van der Waals surface area contributed by atoms with E-state index in [1.165, 1.54) is 5.56 Å². The second-order valence-corrected chi connectivity index (χ2v) is 11.2. The first-order valence-electron chi connectivity index (χ1n) is 12.7. The quantitative estimate of drug-likeness (QED) is 0.571. The lowest BCUT2D eigenvalue weighted by molar-refractivity contribution is -0.134. The van der Waals surface area contributed by atoms with Gasteiger partial charge in [-0.15, -0.1) is 11.3 Å². The van der Waals surface area contributed by atoms with Crippen molar-refractivity contribution in [1.82, 2.24) is 24.7 Å². The lowest BCUT2D eigenvalue weighted by Gasteiger charge is -2.37. The summed E-state index contributed by atoms with van der Waals surface area (Å²) in [6.45, 7) is 10.4. The van der Waals surface area contributed by atoms with Gasteiger partial charge in [-0.05, 0) is 50.2 Å². The van der Waals surface area contributed by atoms with Crippen LogP contribution in [0.1, 0.15) is 34.7 Å². The molecule has 0 radical (unpaired) electrons. The number of hydrogen-bond acceptors (Lipinski definition) is 6. The van der Waals surface area contributed by atoms with Crippen LogP contribution in [0.3, 0.4) is 0 Å². The summed E-state index contributed by atoms with van der Waals surface area (Å²) in [6.07, 6.45) is 3.30. The number of likely N-dealkylation sites (tertiary alicyclic amines) is 1. The van der Waals surface area contributed by atoms with Crippen LogP contribution in [-0.2, 0) is 17.8 Å². The Morgan fingerprint density at radius 1 is 1.03 bits per heavy atom. The van der Waals surface area contributed by atoms with E-state index in [9.17, 15) is 9.59 Å². The molecule has 0 spiro atoms. The van der Waals surface area contributed by atoms with Crippen LogP contribution in [0.15, 0.2) is 35.1 Å². The van der Waals surface area contributed by atoms with Gasteiger partial charge in [0.2, 0.25) is 5.91 Å². The van der Waals surface area contributed by atoms with Gasteiger partial charge in [0.05, 0.1) is 18.5 Å². The molecule has 0 aliphatic carbocycles. The number of H-pyrrole nitrogens is 1. The van der Waals surface area contributed by atoms with Crippen molar-refractivity contribution in [1.29, 1.82) is 0 Å². The number of thiophene rings is 1. The molecule has 2 saturated heterocycles. The molecule has 2 aliphatic heterocycles.